The highest BCUT2D eigenvalue weighted by Crippen LogP contribution is 2.40. The Hall–Kier alpha value is -2.63. The van der Waals surface area contributed by atoms with Gasteiger partial charge in [-0.2, -0.15) is 0 Å². The minimum atomic E-state index is 0.220. The standard InChI is InChI=1S/C21H22ClN3O2.C3H6/c1-3-13(2)19-17(14-6-8-15(22)9-7-14)18-20(24-12-25-21(18)27-19)23-11-16-5-4-10-26-16;1-3-2/h3,6-9,12,16H,4-5,10-11H2,1-2H3,(H,23,24,25);3H,1H2,2H3/b13-3+;. The van der Waals surface area contributed by atoms with Crippen molar-refractivity contribution in [2.45, 2.75) is 39.7 Å². The van der Waals surface area contributed by atoms with Gasteiger partial charge in [0.2, 0.25) is 5.71 Å². The molecule has 1 aliphatic heterocycles. The zero-order valence-corrected chi connectivity index (χ0v) is 18.5. The van der Waals surface area contributed by atoms with Crippen molar-refractivity contribution >= 4 is 34.1 Å². The van der Waals surface area contributed by atoms with Crippen molar-refractivity contribution in [1.29, 1.82) is 0 Å². The van der Waals surface area contributed by atoms with Gasteiger partial charge in [0.25, 0.3) is 0 Å². The second-order valence-corrected chi connectivity index (χ2v) is 7.55. The van der Waals surface area contributed by atoms with E-state index < -0.39 is 0 Å². The van der Waals surface area contributed by atoms with Crippen LogP contribution in [0.2, 0.25) is 5.02 Å². The van der Waals surface area contributed by atoms with Crippen molar-refractivity contribution in [2.75, 3.05) is 18.5 Å². The van der Waals surface area contributed by atoms with Gasteiger partial charge >= 0.3 is 0 Å². The Labute approximate surface area is 182 Å². The van der Waals surface area contributed by atoms with E-state index in [1.165, 1.54) is 6.33 Å². The Morgan fingerprint density at radius 1 is 1.27 bits per heavy atom. The van der Waals surface area contributed by atoms with Crippen LogP contribution in [0.5, 0.6) is 0 Å². The van der Waals surface area contributed by atoms with Gasteiger partial charge in [0, 0.05) is 23.7 Å². The second-order valence-electron chi connectivity index (χ2n) is 7.11. The van der Waals surface area contributed by atoms with E-state index in [2.05, 4.69) is 21.9 Å². The van der Waals surface area contributed by atoms with Crippen LogP contribution in [0.3, 0.4) is 0 Å². The summed E-state index contributed by atoms with van der Waals surface area (Å²) in [6.07, 6.45) is 7.71. The van der Waals surface area contributed by atoms with Crippen LogP contribution >= 0.6 is 11.6 Å². The van der Waals surface area contributed by atoms with Crippen LogP contribution in [0, 0.1) is 0 Å². The lowest BCUT2D eigenvalue weighted by molar-refractivity contribution is 0.120. The van der Waals surface area contributed by atoms with Crippen LogP contribution in [0.25, 0.3) is 27.8 Å². The fourth-order valence-corrected chi connectivity index (χ4v) is 3.51. The Morgan fingerprint density at radius 2 is 2.00 bits per heavy atom. The van der Waals surface area contributed by atoms with Gasteiger partial charge in [-0.05, 0) is 56.9 Å². The summed E-state index contributed by atoms with van der Waals surface area (Å²) < 4.78 is 11.8. The van der Waals surface area contributed by atoms with E-state index in [1.54, 1.807) is 6.08 Å². The molecule has 158 valence electrons. The summed E-state index contributed by atoms with van der Waals surface area (Å²) in [6, 6.07) is 7.76. The van der Waals surface area contributed by atoms with Crippen molar-refractivity contribution < 1.29 is 9.15 Å². The molecule has 30 heavy (non-hydrogen) atoms. The van der Waals surface area contributed by atoms with Crippen molar-refractivity contribution in [3.63, 3.8) is 0 Å². The average molecular weight is 426 g/mol. The minimum Gasteiger partial charge on any atom is -0.437 e. The zero-order valence-electron chi connectivity index (χ0n) is 17.7. The quantitative estimate of drug-likeness (QED) is 0.458. The van der Waals surface area contributed by atoms with Crippen molar-refractivity contribution in [2.24, 2.45) is 0 Å². The van der Waals surface area contributed by atoms with Gasteiger partial charge < -0.3 is 14.5 Å². The van der Waals surface area contributed by atoms with Crippen molar-refractivity contribution in [3.05, 3.63) is 60.1 Å². The Kier molecular flexibility index (Phi) is 7.66. The van der Waals surface area contributed by atoms with Gasteiger partial charge in [0.15, 0.2) is 0 Å². The smallest absolute Gasteiger partial charge is 0.232 e. The van der Waals surface area contributed by atoms with Crippen LogP contribution in [-0.4, -0.2) is 29.2 Å². The molecule has 3 aromatic rings. The lowest BCUT2D eigenvalue weighted by atomic mass is 10.00. The molecule has 6 heteroatoms. The third-order valence-corrected chi connectivity index (χ3v) is 5.19. The summed E-state index contributed by atoms with van der Waals surface area (Å²) in [4.78, 5) is 8.85. The molecule has 0 saturated carbocycles. The maximum atomic E-state index is 6.13. The topological polar surface area (TPSA) is 60.2 Å². The van der Waals surface area contributed by atoms with Crippen LogP contribution in [0.15, 0.2) is 53.7 Å². The number of rotatable bonds is 5. The summed E-state index contributed by atoms with van der Waals surface area (Å²) in [5.41, 5.74) is 3.61. The number of aromatic nitrogens is 2. The zero-order chi connectivity index (χ0) is 21.5. The molecule has 2 aromatic heterocycles. The van der Waals surface area contributed by atoms with E-state index in [4.69, 9.17) is 20.8 Å². The van der Waals surface area contributed by atoms with Crippen molar-refractivity contribution in [1.82, 2.24) is 9.97 Å². The molecule has 1 N–H and O–H groups in total. The van der Waals surface area contributed by atoms with Crippen LogP contribution < -0.4 is 5.32 Å². The summed E-state index contributed by atoms with van der Waals surface area (Å²) in [5.74, 6) is 1.56. The highest BCUT2D eigenvalue weighted by atomic mass is 35.5. The number of allylic oxidation sites excluding steroid dienone is 3. The molecule has 1 aromatic carbocycles. The van der Waals surface area contributed by atoms with Gasteiger partial charge in [-0.3, -0.25) is 0 Å². The van der Waals surface area contributed by atoms with E-state index in [-0.39, 0.29) is 6.10 Å². The fourth-order valence-electron chi connectivity index (χ4n) is 3.38. The monoisotopic (exact) mass is 425 g/mol. The normalized spacial score (nSPS) is 16.3. The van der Waals surface area contributed by atoms with Gasteiger partial charge in [0.1, 0.15) is 17.9 Å². The number of hydrogen-bond donors (Lipinski definition) is 1. The number of anilines is 1. The predicted molar refractivity (Wildman–Crippen MR) is 125 cm³/mol. The molecular formula is C24H28ClN3O2. The number of benzene rings is 1. The molecule has 1 atom stereocenters. The van der Waals surface area contributed by atoms with Gasteiger partial charge in [-0.1, -0.05) is 35.9 Å². The van der Waals surface area contributed by atoms with E-state index in [0.29, 0.717) is 10.7 Å². The first-order valence-electron chi connectivity index (χ1n) is 10.2. The Morgan fingerprint density at radius 3 is 2.63 bits per heavy atom. The SMILES string of the molecule is C/C=C(\C)c1oc2ncnc(NCC3CCCO3)c2c1-c1ccc(Cl)cc1.C=CC. The number of nitrogens with zero attached hydrogens (tertiary/aromatic N) is 2. The van der Waals surface area contributed by atoms with Crippen LogP contribution in [0.1, 0.15) is 39.4 Å². The first-order valence-corrected chi connectivity index (χ1v) is 10.6. The van der Waals surface area contributed by atoms with E-state index >= 15 is 0 Å². The van der Waals surface area contributed by atoms with E-state index in [9.17, 15) is 0 Å². The molecule has 1 fully saturated rings. The van der Waals surface area contributed by atoms with Gasteiger partial charge in [-0.15, -0.1) is 6.58 Å². The summed E-state index contributed by atoms with van der Waals surface area (Å²) in [7, 11) is 0. The third kappa shape index (κ3) is 4.91. The molecule has 0 radical (unpaired) electrons. The lowest BCUT2D eigenvalue weighted by Gasteiger charge is -2.12. The van der Waals surface area contributed by atoms with Crippen LogP contribution in [0.4, 0.5) is 5.82 Å². The van der Waals surface area contributed by atoms with E-state index in [1.807, 2.05) is 51.1 Å². The summed E-state index contributed by atoms with van der Waals surface area (Å²) >= 11 is 6.09. The molecule has 5 nitrogen and oxygen atoms in total. The first kappa shape index (κ1) is 22.1. The maximum Gasteiger partial charge on any atom is 0.232 e. The molecule has 0 aliphatic carbocycles. The molecular weight excluding hydrogens is 398 g/mol. The fraction of sp³-hybridized carbons (Fsp3) is 0.333. The Bertz CT molecular complexity index is 1020. The van der Waals surface area contributed by atoms with Crippen molar-refractivity contribution in [3.8, 4) is 11.1 Å². The third-order valence-electron chi connectivity index (χ3n) is 4.93. The average Bonchev–Trinajstić information content (AvgIpc) is 3.41. The predicted octanol–water partition coefficient (Wildman–Crippen LogP) is 6.75. The summed E-state index contributed by atoms with van der Waals surface area (Å²) in [6.45, 7) is 10.8. The molecule has 4 rings (SSSR count). The minimum absolute atomic E-state index is 0.220. The number of halogens is 1. The molecule has 0 amide bonds. The van der Waals surface area contributed by atoms with E-state index in [0.717, 1.165) is 59.7 Å². The maximum absolute atomic E-state index is 6.13. The van der Waals surface area contributed by atoms with Gasteiger partial charge in [-0.25, -0.2) is 9.97 Å². The molecule has 0 bridgehead atoms. The number of furan rings is 1. The highest BCUT2D eigenvalue weighted by Gasteiger charge is 2.23. The molecule has 0 spiro atoms. The molecule has 1 unspecified atom stereocenters. The molecule has 1 aliphatic rings. The number of fused-ring (bicyclic) bond motifs is 1. The Balaban J connectivity index is 0.000000806. The molecule has 1 saturated heterocycles. The molecule has 3 heterocycles. The largest absolute Gasteiger partial charge is 0.437 e. The second kappa shape index (κ2) is 10.4. The lowest BCUT2D eigenvalue weighted by Crippen LogP contribution is -2.19. The number of ether oxygens (including phenoxy) is 1. The van der Waals surface area contributed by atoms with Crippen LogP contribution in [-0.2, 0) is 4.74 Å². The highest BCUT2D eigenvalue weighted by molar-refractivity contribution is 6.30. The first-order chi connectivity index (χ1) is 14.6. The summed E-state index contributed by atoms with van der Waals surface area (Å²) in [5, 5.41) is 5.02. The number of nitrogens with one attached hydrogen (secondary N) is 1. The van der Waals surface area contributed by atoms with Gasteiger partial charge in [0.05, 0.1) is 11.5 Å². The number of hydrogen-bond acceptors (Lipinski definition) is 5.